The highest BCUT2D eigenvalue weighted by molar-refractivity contribution is 5.71. The van der Waals surface area contributed by atoms with Crippen molar-refractivity contribution >= 4 is 5.69 Å². The van der Waals surface area contributed by atoms with Gasteiger partial charge in [-0.25, -0.2) is 0 Å². The van der Waals surface area contributed by atoms with E-state index < -0.39 is 17.7 Å². The monoisotopic (exact) mass is 277 g/mol. The van der Waals surface area contributed by atoms with Gasteiger partial charge >= 0.3 is 12.1 Å². The molecule has 1 aromatic carbocycles. The third-order valence-corrected chi connectivity index (χ3v) is 2.56. The second-order valence-corrected chi connectivity index (χ2v) is 3.85. The van der Waals surface area contributed by atoms with Crippen LogP contribution in [-0.4, -0.2) is 16.4 Å². The van der Waals surface area contributed by atoms with E-state index in [9.17, 15) is 22.0 Å². The van der Waals surface area contributed by atoms with Gasteiger partial charge in [0, 0.05) is 11.1 Å². The Labute approximate surface area is 104 Å². The number of hydrogen-bond acceptors (Lipinski definition) is 2. The van der Waals surface area contributed by atoms with E-state index in [4.69, 9.17) is 5.73 Å². The molecule has 0 aliphatic carbocycles. The van der Waals surface area contributed by atoms with E-state index in [0.29, 0.717) is 23.4 Å². The van der Waals surface area contributed by atoms with Crippen molar-refractivity contribution in [2.75, 3.05) is 5.73 Å². The summed E-state index contributed by atoms with van der Waals surface area (Å²) in [6, 6.07) is 3.67. The molecule has 0 spiro atoms. The molecule has 102 valence electrons. The Bertz CT molecular complexity index is 571. The number of aromatic nitrogens is 2. The van der Waals surface area contributed by atoms with Crippen LogP contribution in [0.3, 0.4) is 0 Å². The maximum Gasteiger partial charge on any atom is 0.458 e. The molecule has 1 aromatic heterocycles. The van der Waals surface area contributed by atoms with E-state index in [1.165, 1.54) is 6.20 Å². The number of alkyl halides is 5. The summed E-state index contributed by atoms with van der Waals surface area (Å²) in [7, 11) is 0. The molecule has 0 aliphatic heterocycles. The topological polar surface area (TPSA) is 54.7 Å². The molecule has 0 radical (unpaired) electrons. The second-order valence-electron chi connectivity index (χ2n) is 3.85. The molecule has 19 heavy (non-hydrogen) atoms. The fourth-order valence-electron chi connectivity index (χ4n) is 1.54. The van der Waals surface area contributed by atoms with Gasteiger partial charge in [0.1, 0.15) is 0 Å². The second kappa shape index (κ2) is 4.22. The Morgan fingerprint density at radius 1 is 1.00 bits per heavy atom. The lowest BCUT2D eigenvalue weighted by molar-refractivity contribution is -0.289. The minimum atomic E-state index is -5.62. The van der Waals surface area contributed by atoms with Gasteiger partial charge in [-0.15, -0.1) is 0 Å². The number of H-pyrrole nitrogens is 1. The van der Waals surface area contributed by atoms with Crippen molar-refractivity contribution in [3.63, 3.8) is 0 Å². The molecule has 3 N–H and O–H groups in total. The lowest BCUT2D eigenvalue weighted by Crippen LogP contribution is -2.33. The maximum atomic E-state index is 13.0. The van der Waals surface area contributed by atoms with Crippen LogP contribution >= 0.6 is 0 Å². The number of anilines is 1. The minimum absolute atomic E-state index is 0.273. The van der Waals surface area contributed by atoms with Crippen molar-refractivity contribution in [2.24, 2.45) is 0 Å². The van der Waals surface area contributed by atoms with Crippen LogP contribution in [0.2, 0.25) is 0 Å². The lowest BCUT2D eigenvalue weighted by atomic mass is 10.0. The van der Waals surface area contributed by atoms with Gasteiger partial charge in [0.25, 0.3) is 0 Å². The highest BCUT2D eigenvalue weighted by Gasteiger charge is 2.58. The lowest BCUT2D eigenvalue weighted by Gasteiger charge is -2.19. The van der Waals surface area contributed by atoms with Gasteiger partial charge in [0.15, 0.2) is 0 Å². The van der Waals surface area contributed by atoms with Crippen LogP contribution in [0, 0.1) is 0 Å². The molecule has 8 heteroatoms. The zero-order valence-corrected chi connectivity index (χ0v) is 9.30. The zero-order chi connectivity index (χ0) is 14.3. The first-order valence-corrected chi connectivity index (χ1v) is 5.08. The molecule has 1 heterocycles. The largest absolute Gasteiger partial charge is 0.458 e. The standard InChI is InChI=1S/C11H8F5N3/c12-10(13,11(14,15)16)7-3-1-6(2-4-7)9-8(17)5-18-19-9/h1-5H,17H2,(H,18,19). The molecule has 0 fully saturated rings. The Balaban J connectivity index is 2.37. The number of rotatable bonds is 2. The molecule has 0 atom stereocenters. The van der Waals surface area contributed by atoms with Crippen LogP contribution in [0.15, 0.2) is 30.5 Å². The number of nitrogens with zero attached hydrogens (tertiary/aromatic N) is 1. The predicted octanol–water partition coefficient (Wildman–Crippen LogP) is 3.31. The van der Waals surface area contributed by atoms with Crippen molar-refractivity contribution in [1.29, 1.82) is 0 Å². The number of benzene rings is 1. The average Bonchev–Trinajstić information content (AvgIpc) is 2.74. The smallest absolute Gasteiger partial charge is 0.396 e. The predicted molar refractivity (Wildman–Crippen MR) is 58.4 cm³/mol. The number of nitrogens with two attached hydrogens (primary N) is 1. The molecule has 0 saturated heterocycles. The molecule has 3 nitrogen and oxygen atoms in total. The zero-order valence-electron chi connectivity index (χ0n) is 9.30. The molecule has 0 amide bonds. The van der Waals surface area contributed by atoms with Crippen molar-refractivity contribution in [3.8, 4) is 11.3 Å². The van der Waals surface area contributed by atoms with E-state index in [1.807, 2.05) is 0 Å². The number of nitrogens with one attached hydrogen (secondary N) is 1. The van der Waals surface area contributed by atoms with E-state index in [2.05, 4.69) is 10.2 Å². The summed E-state index contributed by atoms with van der Waals surface area (Å²) in [5.74, 6) is -4.88. The first-order valence-electron chi connectivity index (χ1n) is 5.08. The first kappa shape index (κ1) is 13.3. The van der Waals surface area contributed by atoms with E-state index >= 15 is 0 Å². The summed E-state index contributed by atoms with van der Waals surface area (Å²) < 4.78 is 62.6. The summed E-state index contributed by atoms with van der Waals surface area (Å²) in [5.41, 5.74) is 5.43. The van der Waals surface area contributed by atoms with Gasteiger partial charge in [-0.2, -0.15) is 27.1 Å². The Kier molecular flexibility index (Phi) is 2.95. The van der Waals surface area contributed by atoms with Crippen LogP contribution in [0.4, 0.5) is 27.6 Å². The number of halogens is 5. The van der Waals surface area contributed by atoms with Crippen LogP contribution in [-0.2, 0) is 5.92 Å². The SMILES string of the molecule is Nc1cn[nH]c1-c1ccc(C(F)(F)C(F)(F)F)cc1. The summed E-state index contributed by atoms with van der Waals surface area (Å²) in [5, 5.41) is 6.16. The molecular weight excluding hydrogens is 269 g/mol. The van der Waals surface area contributed by atoms with Gasteiger partial charge in [-0.3, -0.25) is 5.10 Å². The molecule has 0 saturated carbocycles. The van der Waals surface area contributed by atoms with Gasteiger partial charge in [0.05, 0.1) is 17.6 Å². The van der Waals surface area contributed by atoms with Crippen LogP contribution < -0.4 is 5.73 Å². The summed E-state index contributed by atoms with van der Waals surface area (Å²) in [4.78, 5) is 0. The molecule has 2 rings (SSSR count). The van der Waals surface area contributed by atoms with E-state index in [0.717, 1.165) is 12.1 Å². The minimum Gasteiger partial charge on any atom is -0.396 e. The molecular formula is C11H8F5N3. The third kappa shape index (κ3) is 2.25. The van der Waals surface area contributed by atoms with Crippen LogP contribution in [0.5, 0.6) is 0 Å². The summed E-state index contributed by atoms with van der Waals surface area (Å²) in [6.45, 7) is 0. The first-order chi connectivity index (χ1) is 8.73. The summed E-state index contributed by atoms with van der Waals surface area (Å²) >= 11 is 0. The normalized spacial score (nSPS) is 12.7. The quantitative estimate of drug-likeness (QED) is 0.827. The van der Waals surface area contributed by atoms with Crippen LogP contribution in [0.25, 0.3) is 11.3 Å². The number of aromatic amines is 1. The molecule has 0 unspecified atom stereocenters. The van der Waals surface area contributed by atoms with Crippen molar-refractivity contribution in [2.45, 2.75) is 12.1 Å². The van der Waals surface area contributed by atoms with Gasteiger partial charge in [-0.1, -0.05) is 24.3 Å². The molecule has 0 aliphatic rings. The van der Waals surface area contributed by atoms with Crippen molar-refractivity contribution in [3.05, 3.63) is 36.0 Å². The Hall–Kier alpha value is -2.12. The molecule has 0 bridgehead atoms. The maximum absolute atomic E-state index is 13.0. The number of nitrogen functional groups attached to an aromatic ring is 1. The highest BCUT2D eigenvalue weighted by atomic mass is 19.4. The Morgan fingerprint density at radius 3 is 2.00 bits per heavy atom. The fourth-order valence-corrected chi connectivity index (χ4v) is 1.54. The fraction of sp³-hybridized carbons (Fsp3) is 0.182. The Morgan fingerprint density at radius 2 is 1.58 bits per heavy atom. The van der Waals surface area contributed by atoms with Crippen molar-refractivity contribution < 1.29 is 22.0 Å². The average molecular weight is 277 g/mol. The highest BCUT2D eigenvalue weighted by Crippen LogP contribution is 2.44. The van der Waals surface area contributed by atoms with Gasteiger partial charge < -0.3 is 5.73 Å². The van der Waals surface area contributed by atoms with E-state index in [1.54, 1.807) is 0 Å². The number of hydrogen-bond donors (Lipinski definition) is 2. The van der Waals surface area contributed by atoms with Gasteiger partial charge in [-0.05, 0) is 0 Å². The van der Waals surface area contributed by atoms with E-state index in [-0.39, 0.29) is 5.69 Å². The summed E-state index contributed by atoms with van der Waals surface area (Å²) in [6.07, 6.45) is -4.31. The third-order valence-electron chi connectivity index (χ3n) is 2.56. The molecule has 2 aromatic rings. The van der Waals surface area contributed by atoms with Crippen molar-refractivity contribution in [1.82, 2.24) is 10.2 Å². The van der Waals surface area contributed by atoms with Gasteiger partial charge in [0.2, 0.25) is 0 Å². The van der Waals surface area contributed by atoms with Crippen LogP contribution in [0.1, 0.15) is 5.56 Å².